The Balaban J connectivity index is 2.19. The Labute approximate surface area is 116 Å². The molecule has 1 rings (SSSR count). The first-order valence-electron chi connectivity index (χ1n) is 5.94. The number of aliphatic hydroxyl groups excluding tert-OH is 1. The normalized spacial score (nSPS) is 13.2. The topological polar surface area (TPSA) is 32.7 Å². The Kier molecular flexibility index (Phi) is 7.23. The second-order valence-corrected chi connectivity index (χ2v) is 4.84. The molecular formula is C13H18ClF2NO2. The highest BCUT2D eigenvalue weighted by Crippen LogP contribution is 2.10. The summed E-state index contributed by atoms with van der Waals surface area (Å²) in [6.07, 6.45) is -3.18. The summed E-state index contributed by atoms with van der Waals surface area (Å²) < 4.78 is 29.5. The first-order valence-corrected chi connectivity index (χ1v) is 6.32. The largest absolute Gasteiger partial charge is 0.389 e. The Bertz CT molecular complexity index is 362. The van der Waals surface area contributed by atoms with E-state index in [1.165, 1.54) is 11.9 Å². The zero-order valence-electron chi connectivity index (χ0n) is 10.7. The van der Waals surface area contributed by atoms with Crippen molar-refractivity contribution in [2.45, 2.75) is 19.1 Å². The minimum atomic E-state index is -2.40. The van der Waals surface area contributed by atoms with Crippen LogP contribution in [0, 0.1) is 0 Å². The van der Waals surface area contributed by atoms with Gasteiger partial charge in [0, 0.05) is 11.6 Å². The van der Waals surface area contributed by atoms with Crippen LogP contribution in [0.15, 0.2) is 24.3 Å². The third-order valence-electron chi connectivity index (χ3n) is 2.46. The lowest BCUT2D eigenvalue weighted by molar-refractivity contribution is 0.00444. The van der Waals surface area contributed by atoms with Crippen LogP contribution < -0.4 is 0 Å². The van der Waals surface area contributed by atoms with Gasteiger partial charge in [0.1, 0.15) is 0 Å². The molecule has 0 bridgehead atoms. The van der Waals surface area contributed by atoms with Crippen LogP contribution in [0.4, 0.5) is 8.78 Å². The molecule has 1 unspecified atom stereocenters. The van der Waals surface area contributed by atoms with Crippen molar-refractivity contribution in [3.05, 3.63) is 34.9 Å². The van der Waals surface area contributed by atoms with Crippen LogP contribution in [0.25, 0.3) is 0 Å². The van der Waals surface area contributed by atoms with E-state index in [4.69, 9.17) is 16.3 Å². The molecule has 1 aromatic carbocycles. The molecule has 0 saturated heterocycles. The van der Waals surface area contributed by atoms with Crippen molar-refractivity contribution in [2.24, 2.45) is 0 Å². The molecule has 1 atom stereocenters. The van der Waals surface area contributed by atoms with E-state index >= 15 is 0 Å². The monoisotopic (exact) mass is 293 g/mol. The van der Waals surface area contributed by atoms with Gasteiger partial charge in [-0.25, -0.2) is 8.78 Å². The van der Waals surface area contributed by atoms with E-state index in [0.717, 1.165) is 5.56 Å². The number of alkyl halides is 2. The molecule has 3 nitrogen and oxygen atoms in total. The van der Waals surface area contributed by atoms with E-state index in [2.05, 4.69) is 0 Å². The molecule has 0 aliphatic carbocycles. The number of nitrogens with zero attached hydrogens (tertiary/aromatic N) is 1. The van der Waals surface area contributed by atoms with Crippen molar-refractivity contribution in [3.8, 4) is 0 Å². The number of hydrogen-bond acceptors (Lipinski definition) is 3. The lowest BCUT2D eigenvalue weighted by Crippen LogP contribution is -2.34. The number of likely N-dealkylation sites (N-methyl/N-ethyl adjacent to an activating group) is 1. The third kappa shape index (κ3) is 7.42. The first kappa shape index (κ1) is 16.3. The SMILES string of the molecule is CN(CC(F)F)CC(O)COCc1ccc(Cl)cc1. The Morgan fingerprint density at radius 2 is 1.89 bits per heavy atom. The summed E-state index contributed by atoms with van der Waals surface area (Å²) in [5.74, 6) is 0. The zero-order chi connectivity index (χ0) is 14.3. The molecule has 6 heteroatoms. The maximum absolute atomic E-state index is 12.1. The van der Waals surface area contributed by atoms with Gasteiger partial charge in [-0.05, 0) is 24.7 Å². The minimum absolute atomic E-state index is 0.107. The number of hydrogen-bond donors (Lipinski definition) is 1. The van der Waals surface area contributed by atoms with Gasteiger partial charge >= 0.3 is 0 Å². The Hall–Kier alpha value is -0.750. The van der Waals surface area contributed by atoms with Gasteiger partial charge in [-0.15, -0.1) is 0 Å². The third-order valence-corrected chi connectivity index (χ3v) is 2.72. The van der Waals surface area contributed by atoms with Crippen LogP contribution in [0.2, 0.25) is 5.02 Å². The second kappa shape index (κ2) is 8.43. The van der Waals surface area contributed by atoms with Crippen LogP contribution in [0.3, 0.4) is 0 Å². The van der Waals surface area contributed by atoms with Crippen molar-refractivity contribution in [3.63, 3.8) is 0 Å². The number of benzene rings is 1. The van der Waals surface area contributed by atoms with Gasteiger partial charge in [0.05, 0.1) is 25.9 Å². The highest BCUT2D eigenvalue weighted by Gasteiger charge is 2.12. The number of halogens is 3. The quantitative estimate of drug-likeness (QED) is 0.799. The summed E-state index contributed by atoms with van der Waals surface area (Å²) in [7, 11) is 1.54. The van der Waals surface area contributed by atoms with Crippen molar-refractivity contribution in [1.82, 2.24) is 4.90 Å². The lowest BCUT2D eigenvalue weighted by Gasteiger charge is -2.20. The standard InChI is InChI=1S/C13H18ClF2NO2/c1-17(7-13(15)16)6-12(18)9-19-8-10-2-4-11(14)5-3-10/h2-5,12-13,18H,6-9H2,1H3. The molecule has 0 heterocycles. The average molecular weight is 294 g/mol. The molecule has 108 valence electrons. The van der Waals surface area contributed by atoms with Gasteiger partial charge in [-0.2, -0.15) is 0 Å². The summed E-state index contributed by atoms with van der Waals surface area (Å²) in [6.45, 7) is 0.266. The fraction of sp³-hybridized carbons (Fsp3) is 0.538. The van der Waals surface area contributed by atoms with E-state index < -0.39 is 12.5 Å². The van der Waals surface area contributed by atoms with Crippen LogP contribution in [-0.2, 0) is 11.3 Å². The number of ether oxygens (including phenoxy) is 1. The number of rotatable bonds is 8. The predicted octanol–water partition coefficient (Wildman–Crippen LogP) is 2.41. The van der Waals surface area contributed by atoms with Crippen LogP contribution >= 0.6 is 11.6 Å². The average Bonchev–Trinajstić information content (AvgIpc) is 2.30. The highest BCUT2D eigenvalue weighted by molar-refractivity contribution is 6.30. The molecule has 0 radical (unpaired) electrons. The lowest BCUT2D eigenvalue weighted by atomic mass is 10.2. The summed E-state index contributed by atoms with van der Waals surface area (Å²) in [4.78, 5) is 1.38. The molecule has 0 aliphatic heterocycles. The smallest absolute Gasteiger partial charge is 0.251 e. The predicted molar refractivity (Wildman–Crippen MR) is 70.6 cm³/mol. The molecule has 0 saturated carbocycles. The van der Waals surface area contributed by atoms with Gasteiger partial charge in [-0.1, -0.05) is 23.7 Å². The summed E-state index contributed by atoms with van der Waals surface area (Å²) in [6, 6.07) is 7.18. The van der Waals surface area contributed by atoms with Crippen LogP contribution in [-0.4, -0.2) is 49.3 Å². The molecule has 19 heavy (non-hydrogen) atoms. The van der Waals surface area contributed by atoms with Crippen molar-refractivity contribution in [1.29, 1.82) is 0 Å². The van der Waals surface area contributed by atoms with Crippen LogP contribution in [0.1, 0.15) is 5.56 Å². The molecule has 0 amide bonds. The molecule has 0 aromatic heterocycles. The molecule has 0 spiro atoms. The molecule has 1 N–H and O–H groups in total. The van der Waals surface area contributed by atoms with Gasteiger partial charge in [0.15, 0.2) is 0 Å². The second-order valence-electron chi connectivity index (χ2n) is 4.41. The maximum atomic E-state index is 12.1. The van der Waals surface area contributed by atoms with Gasteiger partial charge in [0.2, 0.25) is 0 Å². The van der Waals surface area contributed by atoms with Crippen molar-refractivity contribution < 1.29 is 18.6 Å². The summed E-state index contributed by atoms with van der Waals surface area (Å²) in [5.41, 5.74) is 0.942. The summed E-state index contributed by atoms with van der Waals surface area (Å²) in [5, 5.41) is 10.3. The fourth-order valence-corrected chi connectivity index (χ4v) is 1.74. The minimum Gasteiger partial charge on any atom is -0.389 e. The summed E-state index contributed by atoms with van der Waals surface area (Å²) >= 11 is 5.75. The van der Waals surface area contributed by atoms with Gasteiger partial charge < -0.3 is 9.84 Å². The first-order chi connectivity index (χ1) is 8.97. The van der Waals surface area contributed by atoms with E-state index in [9.17, 15) is 13.9 Å². The fourth-order valence-electron chi connectivity index (χ4n) is 1.62. The van der Waals surface area contributed by atoms with Crippen molar-refractivity contribution >= 4 is 11.6 Å². The Morgan fingerprint density at radius 3 is 2.47 bits per heavy atom. The van der Waals surface area contributed by atoms with Crippen LogP contribution in [0.5, 0.6) is 0 Å². The van der Waals surface area contributed by atoms with E-state index in [0.29, 0.717) is 11.6 Å². The van der Waals surface area contributed by atoms with E-state index in [1.807, 2.05) is 12.1 Å². The van der Waals surface area contributed by atoms with E-state index in [-0.39, 0.29) is 19.7 Å². The maximum Gasteiger partial charge on any atom is 0.251 e. The molecule has 0 aliphatic rings. The number of aliphatic hydroxyl groups is 1. The molecular weight excluding hydrogens is 276 g/mol. The van der Waals surface area contributed by atoms with Gasteiger partial charge in [-0.3, -0.25) is 4.90 Å². The Morgan fingerprint density at radius 1 is 1.26 bits per heavy atom. The molecule has 1 aromatic rings. The molecule has 0 fully saturated rings. The highest BCUT2D eigenvalue weighted by atomic mass is 35.5. The zero-order valence-corrected chi connectivity index (χ0v) is 11.5. The van der Waals surface area contributed by atoms with Crippen molar-refractivity contribution in [2.75, 3.05) is 26.7 Å². The van der Waals surface area contributed by atoms with E-state index in [1.54, 1.807) is 12.1 Å². The van der Waals surface area contributed by atoms with Gasteiger partial charge in [0.25, 0.3) is 6.43 Å².